The Labute approximate surface area is 102 Å². The number of carbonyl (C=O) groups is 1. The summed E-state index contributed by atoms with van der Waals surface area (Å²) < 4.78 is 1.11. The van der Waals surface area contributed by atoms with Crippen LogP contribution in [0.1, 0.15) is 0 Å². The normalized spacial score (nSPS) is 16.3. The molecule has 15 heavy (non-hydrogen) atoms. The second-order valence-corrected chi connectivity index (χ2v) is 4.72. The van der Waals surface area contributed by atoms with Gasteiger partial charge in [0.05, 0.1) is 17.9 Å². The number of nitrogen functional groups attached to an aromatic ring is 1. The molecule has 0 aliphatic carbocycles. The molecule has 4 nitrogen and oxygen atoms in total. The lowest BCUT2D eigenvalue weighted by Crippen LogP contribution is -2.47. The summed E-state index contributed by atoms with van der Waals surface area (Å²) in [5.41, 5.74) is 7.60. The number of benzene rings is 1. The maximum Gasteiger partial charge on any atom is 0.239 e. The van der Waals surface area contributed by atoms with Gasteiger partial charge in [-0.1, -0.05) is 0 Å². The molecule has 80 valence electrons. The molecule has 1 saturated heterocycles. The summed E-state index contributed by atoms with van der Waals surface area (Å²) in [6.45, 7) is 1.89. The summed E-state index contributed by atoms with van der Waals surface area (Å²) >= 11 is 2.22. The number of hydrogen-bond acceptors (Lipinski definition) is 3. The van der Waals surface area contributed by atoms with Crippen molar-refractivity contribution < 1.29 is 4.79 Å². The highest BCUT2D eigenvalue weighted by Gasteiger charge is 2.17. The zero-order chi connectivity index (χ0) is 10.8. The summed E-state index contributed by atoms with van der Waals surface area (Å²) in [7, 11) is 0. The second-order valence-electron chi connectivity index (χ2n) is 3.47. The van der Waals surface area contributed by atoms with Crippen LogP contribution >= 0.6 is 22.6 Å². The van der Waals surface area contributed by atoms with E-state index in [1.807, 2.05) is 23.1 Å². The zero-order valence-electron chi connectivity index (χ0n) is 8.16. The third-order valence-corrected chi connectivity index (χ3v) is 3.04. The molecule has 1 aliphatic rings. The van der Waals surface area contributed by atoms with E-state index < -0.39 is 0 Å². The molecule has 1 amide bonds. The first-order valence-electron chi connectivity index (χ1n) is 4.73. The van der Waals surface area contributed by atoms with Gasteiger partial charge in [0.15, 0.2) is 0 Å². The van der Waals surface area contributed by atoms with Crippen LogP contribution < -0.4 is 16.0 Å². The molecule has 1 aromatic carbocycles. The molecule has 0 saturated carbocycles. The van der Waals surface area contributed by atoms with Gasteiger partial charge in [0.1, 0.15) is 0 Å². The van der Waals surface area contributed by atoms with Crippen LogP contribution in [0.2, 0.25) is 0 Å². The highest BCUT2D eigenvalue weighted by Crippen LogP contribution is 2.25. The Morgan fingerprint density at radius 2 is 2.27 bits per heavy atom. The van der Waals surface area contributed by atoms with E-state index in [1.165, 1.54) is 0 Å². The van der Waals surface area contributed by atoms with Crippen molar-refractivity contribution in [2.75, 3.05) is 30.3 Å². The van der Waals surface area contributed by atoms with Crippen molar-refractivity contribution in [3.63, 3.8) is 0 Å². The number of rotatable bonds is 1. The number of nitrogens with two attached hydrogens (primary N) is 1. The zero-order valence-corrected chi connectivity index (χ0v) is 10.3. The average Bonchev–Trinajstić information content (AvgIpc) is 2.17. The summed E-state index contributed by atoms with van der Waals surface area (Å²) in [6.07, 6.45) is 0. The fraction of sp³-hybridized carbons (Fsp3) is 0.300. The van der Waals surface area contributed by atoms with E-state index >= 15 is 0 Å². The number of halogens is 1. The van der Waals surface area contributed by atoms with E-state index in [9.17, 15) is 4.79 Å². The molecule has 0 spiro atoms. The minimum atomic E-state index is 0.0548. The molecule has 0 unspecified atom stereocenters. The van der Waals surface area contributed by atoms with Gasteiger partial charge >= 0.3 is 0 Å². The number of nitrogens with one attached hydrogen (secondary N) is 1. The van der Waals surface area contributed by atoms with Crippen LogP contribution in [0, 0.1) is 3.57 Å². The molecule has 1 fully saturated rings. The number of hydrogen-bond donors (Lipinski definition) is 2. The van der Waals surface area contributed by atoms with Crippen molar-refractivity contribution >= 4 is 39.9 Å². The standard InChI is InChI=1S/C10H12IN3O/c11-7-1-2-9(8(12)5-7)14-4-3-13-10(15)6-14/h1-2,5H,3-4,6,12H2,(H,13,15). The molecule has 5 heteroatoms. The Balaban J connectivity index is 2.24. The maximum absolute atomic E-state index is 11.2. The molecule has 0 radical (unpaired) electrons. The molecular formula is C10H12IN3O. The van der Waals surface area contributed by atoms with Crippen LogP contribution in [0.3, 0.4) is 0 Å². The van der Waals surface area contributed by atoms with Crippen molar-refractivity contribution in [1.29, 1.82) is 0 Å². The Hall–Kier alpha value is -0.980. The summed E-state index contributed by atoms with van der Waals surface area (Å²) in [4.78, 5) is 13.2. The van der Waals surface area contributed by atoms with Crippen molar-refractivity contribution in [3.8, 4) is 0 Å². The van der Waals surface area contributed by atoms with Crippen LogP contribution in [0.4, 0.5) is 11.4 Å². The Morgan fingerprint density at radius 3 is 2.93 bits per heavy atom. The van der Waals surface area contributed by atoms with Crippen LogP contribution in [-0.4, -0.2) is 25.5 Å². The molecule has 0 bridgehead atoms. The first kappa shape index (κ1) is 10.5. The van der Waals surface area contributed by atoms with Crippen LogP contribution in [0.25, 0.3) is 0 Å². The lowest BCUT2D eigenvalue weighted by molar-refractivity contribution is -0.120. The monoisotopic (exact) mass is 317 g/mol. The lowest BCUT2D eigenvalue weighted by atomic mass is 10.2. The van der Waals surface area contributed by atoms with Gasteiger partial charge in [0, 0.05) is 16.7 Å². The van der Waals surface area contributed by atoms with Crippen LogP contribution in [-0.2, 0) is 4.79 Å². The molecule has 1 heterocycles. The highest BCUT2D eigenvalue weighted by atomic mass is 127. The molecule has 0 aromatic heterocycles. The Kier molecular flexibility index (Phi) is 2.99. The van der Waals surface area contributed by atoms with E-state index in [0.717, 1.165) is 21.5 Å². The van der Waals surface area contributed by atoms with Gasteiger partial charge in [0.2, 0.25) is 5.91 Å². The van der Waals surface area contributed by atoms with E-state index in [2.05, 4.69) is 27.9 Å². The first-order valence-corrected chi connectivity index (χ1v) is 5.81. The van der Waals surface area contributed by atoms with E-state index in [0.29, 0.717) is 13.1 Å². The predicted molar refractivity (Wildman–Crippen MR) is 68.8 cm³/mol. The van der Waals surface area contributed by atoms with Crippen molar-refractivity contribution in [1.82, 2.24) is 5.32 Å². The quantitative estimate of drug-likeness (QED) is 0.595. The minimum absolute atomic E-state index is 0.0548. The lowest BCUT2D eigenvalue weighted by Gasteiger charge is -2.29. The molecule has 1 aliphatic heterocycles. The molecule has 3 N–H and O–H groups in total. The molecular weight excluding hydrogens is 305 g/mol. The number of anilines is 2. The molecule has 0 atom stereocenters. The Bertz CT molecular complexity index is 394. The van der Waals surface area contributed by atoms with E-state index in [4.69, 9.17) is 5.73 Å². The number of amides is 1. The van der Waals surface area contributed by atoms with Crippen molar-refractivity contribution in [3.05, 3.63) is 21.8 Å². The van der Waals surface area contributed by atoms with Crippen LogP contribution in [0.5, 0.6) is 0 Å². The number of nitrogens with zero attached hydrogens (tertiary/aromatic N) is 1. The summed E-state index contributed by atoms with van der Waals surface area (Å²) in [6, 6.07) is 5.89. The Morgan fingerprint density at radius 1 is 1.47 bits per heavy atom. The van der Waals surface area contributed by atoms with Crippen LogP contribution in [0.15, 0.2) is 18.2 Å². The third-order valence-electron chi connectivity index (χ3n) is 2.37. The van der Waals surface area contributed by atoms with Gasteiger partial charge < -0.3 is 16.0 Å². The minimum Gasteiger partial charge on any atom is -0.397 e. The topological polar surface area (TPSA) is 58.4 Å². The molecule has 1 aromatic rings. The van der Waals surface area contributed by atoms with Gasteiger partial charge in [-0.05, 0) is 40.8 Å². The van der Waals surface area contributed by atoms with Crippen molar-refractivity contribution in [2.45, 2.75) is 0 Å². The average molecular weight is 317 g/mol. The first-order chi connectivity index (χ1) is 7.16. The highest BCUT2D eigenvalue weighted by molar-refractivity contribution is 14.1. The largest absolute Gasteiger partial charge is 0.397 e. The van der Waals surface area contributed by atoms with Gasteiger partial charge in [0.25, 0.3) is 0 Å². The van der Waals surface area contributed by atoms with Gasteiger partial charge in [-0.3, -0.25) is 4.79 Å². The van der Waals surface area contributed by atoms with Gasteiger partial charge in [-0.25, -0.2) is 0 Å². The number of piperazine rings is 1. The van der Waals surface area contributed by atoms with Gasteiger partial charge in [-0.15, -0.1) is 0 Å². The fourth-order valence-corrected chi connectivity index (χ4v) is 2.17. The number of carbonyl (C=O) groups excluding carboxylic acids is 1. The SMILES string of the molecule is Nc1cc(I)ccc1N1CCNC(=O)C1. The predicted octanol–water partition coefficient (Wildman–Crippen LogP) is 0.810. The fourth-order valence-electron chi connectivity index (χ4n) is 1.66. The van der Waals surface area contributed by atoms with Gasteiger partial charge in [-0.2, -0.15) is 0 Å². The summed E-state index contributed by atoms with van der Waals surface area (Å²) in [5, 5.41) is 2.79. The van der Waals surface area contributed by atoms with E-state index in [1.54, 1.807) is 0 Å². The molecule has 2 rings (SSSR count). The third kappa shape index (κ3) is 2.34. The van der Waals surface area contributed by atoms with E-state index in [-0.39, 0.29) is 5.91 Å². The second kappa shape index (κ2) is 4.26. The maximum atomic E-state index is 11.2. The van der Waals surface area contributed by atoms with Crippen molar-refractivity contribution in [2.24, 2.45) is 0 Å². The smallest absolute Gasteiger partial charge is 0.239 e. The summed E-state index contributed by atoms with van der Waals surface area (Å²) in [5.74, 6) is 0.0548.